The summed E-state index contributed by atoms with van der Waals surface area (Å²) in [4.78, 5) is 5.39. The van der Waals surface area contributed by atoms with Gasteiger partial charge in [-0.25, -0.2) is 0 Å². The fraction of sp³-hybridized carbons (Fsp3) is 0.667. The first kappa shape index (κ1) is 13.6. The minimum Gasteiger partial charge on any atom is -0.488 e. The molecule has 2 saturated heterocycles. The summed E-state index contributed by atoms with van der Waals surface area (Å²) in [6.45, 7) is 6.20. The van der Waals surface area contributed by atoms with Crippen LogP contribution in [0.15, 0.2) is 24.3 Å². The Kier molecular flexibility index (Phi) is 3.87. The van der Waals surface area contributed by atoms with E-state index >= 15 is 0 Å². The molecule has 0 radical (unpaired) electrons. The first-order valence-corrected chi connectivity index (χ1v) is 8.59. The Labute approximate surface area is 127 Å². The van der Waals surface area contributed by atoms with E-state index in [1.54, 1.807) is 0 Å². The van der Waals surface area contributed by atoms with Crippen LogP contribution in [-0.2, 0) is 6.42 Å². The van der Waals surface area contributed by atoms with Gasteiger partial charge in [0.15, 0.2) is 0 Å². The van der Waals surface area contributed by atoms with Crippen LogP contribution in [0.1, 0.15) is 31.2 Å². The molecule has 0 amide bonds. The topological polar surface area (TPSA) is 15.7 Å². The van der Waals surface area contributed by atoms with Crippen molar-refractivity contribution in [1.82, 2.24) is 9.80 Å². The Bertz CT molecular complexity index is 465. The molecule has 2 unspecified atom stereocenters. The van der Waals surface area contributed by atoms with Crippen molar-refractivity contribution >= 4 is 0 Å². The van der Waals surface area contributed by atoms with Gasteiger partial charge in [0.05, 0.1) is 0 Å². The normalized spacial score (nSPS) is 30.3. The highest BCUT2D eigenvalue weighted by Crippen LogP contribution is 2.29. The molecule has 21 heavy (non-hydrogen) atoms. The van der Waals surface area contributed by atoms with Gasteiger partial charge in [-0.2, -0.15) is 0 Å². The fourth-order valence-corrected chi connectivity index (χ4v) is 4.26. The van der Waals surface area contributed by atoms with Crippen molar-refractivity contribution in [2.24, 2.45) is 0 Å². The van der Waals surface area contributed by atoms with Crippen molar-refractivity contribution in [3.63, 3.8) is 0 Å². The van der Waals surface area contributed by atoms with Gasteiger partial charge in [-0.15, -0.1) is 0 Å². The molecule has 0 aromatic heterocycles. The van der Waals surface area contributed by atoms with E-state index < -0.39 is 0 Å². The Morgan fingerprint density at radius 1 is 1.05 bits per heavy atom. The number of nitrogens with zero attached hydrogens (tertiary/aromatic N) is 2. The van der Waals surface area contributed by atoms with Crippen molar-refractivity contribution in [3.05, 3.63) is 29.8 Å². The molecule has 0 aliphatic carbocycles. The monoisotopic (exact) mass is 286 g/mol. The van der Waals surface area contributed by atoms with E-state index in [9.17, 15) is 0 Å². The lowest BCUT2D eigenvalue weighted by molar-refractivity contribution is 0.113. The van der Waals surface area contributed by atoms with Gasteiger partial charge in [-0.1, -0.05) is 24.6 Å². The highest BCUT2D eigenvalue weighted by Gasteiger charge is 2.30. The first-order valence-electron chi connectivity index (χ1n) is 8.59. The van der Waals surface area contributed by atoms with Crippen molar-refractivity contribution in [2.75, 3.05) is 32.7 Å². The SMILES string of the molecule is c1ccc2c(c1)CC(CN1CCCN3CCCCC3C1)O2. The molecule has 0 N–H and O–H groups in total. The number of piperidine rings is 1. The molecule has 3 heterocycles. The maximum absolute atomic E-state index is 6.13. The second-order valence-corrected chi connectivity index (χ2v) is 6.85. The lowest BCUT2D eigenvalue weighted by atomic mass is 10.0. The number of para-hydroxylation sites is 1. The quantitative estimate of drug-likeness (QED) is 0.831. The number of fused-ring (bicyclic) bond motifs is 2. The average molecular weight is 286 g/mol. The summed E-state index contributed by atoms with van der Waals surface area (Å²) < 4.78 is 6.13. The number of hydrogen-bond donors (Lipinski definition) is 0. The van der Waals surface area contributed by atoms with Crippen LogP contribution in [-0.4, -0.2) is 54.7 Å². The van der Waals surface area contributed by atoms with Gasteiger partial charge in [0, 0.05) is 25.6 Å². The van der Waals surface area contributed by atoms with E-state index in [1.165, 1.54) is 57.4 Å². The van der Waals surface area contributed by atoms with Crippen LogP contribution in [0.2, 0.25) is 0 Å². The van der Waals surface area contributed by atoms with Crippen molar-refractivity contribution in [1.29, 1.82) is 0 Å². The molecule has 2 atom stereocenters. The minimum atomic E-state index is 0.359. The van der Waals surface area contributed by atoms with Gasteiger partial charge in [-0.3, -0.25) is 9.80 Å². The number of hydrogen-bond acceptors (Lipinski definition) is 3. The van der Waals surface area contributed by atoms with Gasteiger partial charge in [-0.05, 0) is 50.5 Å². The van der Waals surface area contributed by atoms with E-state index in [2.05, 4.69) is 34.1 Å². The fourth-order valence-electron chi connectivity index (χ4n) is 4.26. The third-order valence-corrected chi connectivity index (χ3v) is 5.31. The van der Waals surface area contributed by atoms with Gasteiger partial charge in [0.1, 0.15) is 11.9 Å². The Morgan fingerprint density at radius 2 is 1.95 bits per heavy atom. The lowest BCUT2D eigenvalue weighted by Gasteiger charge is -2.35. The zero-order valence-corrected chi connectivity index (χ0v) is 12.8. The zero-order valence-electron chi connectivity index (χ0n) is 12.8. The molecule has 3 heteroatoms. The van der Waals surface area contributed by atoms with E-state index in [4.69, 9.17) is 4.74 Å². The Hall–Kier alpha value is -1.06. The molecule has 2 fully saturated rings. The van der Waals surface area contributed by atoms with Crippen LogP contribution in [0, 0.1) is 0 Å². The second kappa shape index (κ2) is 5.98. The van der Waals surface area contributed by atoms with Crippen molar-refractivity contribution in [2.45, 2.75) is 44.2 Å². The maximum atomic E-state index is 6.13. The smallest absolute Gasteiger partial charge is 0.123 e. The second-order valence-electron chi connectivity index (χ2n) is 6.85. The van der Waals surface area contributed by atoms with Gasteiger partial charge in [0.2, 0.25) is 0 Å². The number of ether oxygens (including phenoxy) is 1. The third-order valence-electron chi connectivity index (χ3n) is 5.31. The summed E-state index contributed by atoms with van der Waals surface area (Å²) in [5.74, 6) is 1.11. The molecule has 3 nitrogen and oxygen atoms in total. The van der Waals surface area contributed by atoms with Gasteiger partial charge in [0.25, 0.3) is 0 Å². The van der Waals surface area contributed by atoms with Crippen LogP contribution < -0.4 is 4.74 Å². The molecule has 0 spiro atoms. The minimum absolute atomic E-state index is 0.359. The van der Waals surface area contributed by atoms with Crippen LogP contribution in [0.3, 0.4) is 0 Å². The molecule has 1 aromatic rings. The number of benzene rings is 1. The van der Waals surface area contributed by atoms with Gasteiger partial charge >= 0.3 is 0 Å². The molecule has 4 rings (SSSR count). The third kappa shape index (κ3) is 2.95. The standard InChI is InChI=1S/C18H26N2O/c1-2-8-18-15(6-1)12-17(21-18)14-19-9-5-11-20-10-4-3-7-16(20)13-19/h1-2,6,8,16-17H,3-5,7,9-14H2. The molecule has 114 valence electrons. The van der Waals surface area contributed by atoms with Crippen LogP contribution in [0.4, 0.5) is 0 Å². The van der Waals surface area contributed by atoms with E-state index in [1.807, 2.05) is 0 Å². The largest absolute Gasteiger partial charge is 0.488 e. The highest BCUT2D eigenvalue weighted by molar-refractivity contribution is 5.37. The van der Waals surface area contributed by atoms with Crippen LogP contribution >= 0.6 is 0 Å². The number of rotatable bonds is 2. The molecule has 1 aromatic carbocycles. The molecule has 0 saturated carbocycles. The zero-order chi connectivity index (χ0) is 14.1. The summed E-state index contributed by atoms with van der Waals surface area (Å²) in [6, 6.07) is 9.31. The molecule has 3 aliphatic heterocycles. The van der Waals surface area contributed by atoms with E-state index in [-0.39, 0.29) is 0 Å². The van der Waals surface area contributed by atoms with Crippen LogP contribution in [0.25, 0.3) is 0 Å². The Balaban J connectivity index is 1.37. The van der Waals surface area contributed by atoms with E-state index in [0.29, 0.717) is 6.10 Å². The Morgan fingerprint density at radius 3 is 2.90 bits per heavy atom. The van der Waals surface area contributed by atoms with Crippen molar-refractivity contribution < 1.29 is 4.74 Å². The predicted octanol–water partition coefficient (Wildman–Crippen LogP) is 2.55. The predicted molar refractivity (Wildman–Crippen MR) is 84.8 cm³/mol. The molecule has 0 bridgehead atoms. The summed E-state index contributed by atoms with van der Waals surface area (Å²) in [6.07, 6.45) is 6.97. The lowest BCUT2D eigenvalue weighted by Crippen LogP contribution is -2.45. The summed E-state index contributed by atoms with van der Waals surface area (Å²) in [5, 5.41) is 0. The first-order chi connectivity index (χ1) is 10.4. The van der Waals surface area contributed by atoms with E-state index in [0.717, 1.165) is 24.8 Å². The summed E-state index contributed by atoms with van der Waals surface area (Å²) in [5.41, 5.74) is 1.39. The average Bonchev–Trinajstić information content (AvgIpc) is 2.79. The summed E-state index contributed by atoms with van der Waals surface area (Å²) in [7, 11) is 0. The van der Waals surface area contributed by atoms with Crippen LogP contribution in [0.5, 0.6) is 5.75 Å². The van der Waals surface area contributed by atoms with Crippen molar-refractivity contribution in [3.8, 4) is 5.75 Å². The maximum Gasteiger partial charge on any atom is 0.123 e. The molecule has 3 aliphatic rings. The molecular formula is C18H26N2O. The van der Waals surface area contributed by atoms with Gasteiger partial charge < -0.3 is 4.74 Å². The molecular weight excluding hydrogens is 260 g/mol. The summed E-state index contributed by atoms with van der Waals surface area (Å²) >= 11 is 0. The highest BCUT2D eigenvalue weighted by atomic mass is 16.5.